The number of nitrogens with zero attached hydrogens (tertiary/aromatic N) is 1. The average Bonchev–Trinajstić information content (AvgIpc) is 2.21. The van der Waals surface area contributed by atoms with Gasteiger partial charge in [-0.15, -0.1) is 0 Å². The van der Waals surface area contributed by atoms with Crippen molar-refractivity contribution in [3.63, 3.8) is 0 Å². The number of aliphatic hydroxyl groups excluding tert-OH is 1. The number of hydrogen-bond acceptors (Lipinski definition) is 4. The van der Waals surface area contributed by atoms with Crippen molar-refractivity contribution in [2.24, 2.45) is 0 Å². The maximum absolute atomic E-state index is 11.2. The minimum atomic E-state index is -1.41. The van der Waals surface area contributed by atoms with Crippen LogP contribution in [0, 0.1) is 0 Å². The fourth-order valence-corrected chi connectivity index (χ4v) is 0.895. The molecule has 0 heterocycles. The minimum absolute atomic E-state index is 0.245. The van der Waals surface area contributed by atoms with Gasteiger partial charge < -0.3 is 25.7 Å². The van der Waals surface area contributed by atoms with Gasteiger partial charge in [0, 0.05) is 14.1 Å². The number of amides is 3. The summed E-state index contributed by atoms with van der Waals surface area (Å²) in [5.41, 5.74) is 0. The highest BCUT2D eigenvalue weighted by atomic mass is 16.4. The Labute approximate surface area is 98.6 Å². The van der Waals surface area contributed by atoms with Crippen molar-refractivity contribution in [2.75, 3.05) is 20.6 Å². The zero-order chi connectivity index (χ0) is 13.6. The number of carbonyl (C=O) groups excluding carboxylic acids is 2. The Hall–Kier alpha value is -1.83. The number of rotatable bonds is 5. The Kier molecular flexibility index (Phi) is 5.97. The molecule has 0 saturated heterocycles. The minimum Gasteiger partial charge on any atom is -0.480 e. The van der Waals surface area contributed by atoms with Gasteiger partial charge >= 0.3 is 12.0 Å². The van der Waals surface area contributed by atoms with Gasteiger partial charge in [-0.2, -0.15) is 0 Å². The first-order chi connectivity index (χ1) is 7.75. The Bertz CT molecular complexity index is 303. The number of hydrogen-bond donors (Lipinski definition) is 4. The number of aliphatic carboxylic acids is 1. The molecule has 2 atom stereocenters. The summed E-state index contributed by atoms with van der Waals surface area (Å²) in [6, 6.07) is -2.24. The zero-order valence-corrected chi connectivity index (χ0v) is 9.93. The highest BCUT2D eigenvalue weighted by Crippen LogP contribution is 1.92. The van der Waals surface area contributed by atoms with Crippen molar-refractivity contribution in [3.8, 4) is 0 Å². The number of urea groups is 1. The van der Waals surface area contributed by atoms with Gasteiger partial charge in [0.05, 0.1) is 12.6 Å². The molecule has 0 unspecified atom stereocenters. The molecule has 0 saturated carbocycles. The van der Waals surface area contributed by atoms with E-state index in [-0.39, 0.29) is 12.5 Å². The predicted molar refractivity (Wildman–Crippen MR) is 58.3 cm³/mol. The molecular weight excluding hydrogens is 230 g/mol. The Balaban J connectivity index is 4.17. The van der Waals surface area contributed by atoms with Crippen molar-refractivity contribution in [3.05, 3.63) is 0 Å². The summed E-state index contributed by atoms with van der Waals surface area (Å²) in [6.07, 6.45) is -1.23. The molecule has 0 fully saturated rings. The van der Waals surface area contributed by atoms with E-state index in [4.69, 9.17) is 10.2 Å². The molecule has 4 N–H and O–H groups in total. The van der Waals surface area contributed by atoms with E-state index in [1.54, 1.807) is 0 Å². The average molecular weight is 247 g/mol. The Morgan fingerprint density at radius 3 is 2.18 bits per heavy atom. The van der Waals surface area contributed by atoms with E-state index in [9.17, 15) is 14.4 Å². The van der Waals surface area contributed by atoms with Crippen LogP contribution in [0.2, 0.25) is 0 Å². The van der Waals surface area contributed by atoms with Gasteiger partial charge in [-0.25, -0.2) is 9.59 Å². The molecule has 0 aliphatic heterocycles. The third kappa shape index (κ3) is 5.71. The molecular formula is C9H17N3O5. The second kappa shape index (κ2) is 6.69. The summed E-state index contributed by atoms with van der Waals surface area (Å²) < 4.78 is 0. The van der Waals surface area contributed by atoms with E-state index in [1.165, 1.54) is 25.9 Å². The van der Waals surface area contributed by atoms with Gasteiger partial charge in [-0.1, -0.05) is 0 Å². The normalized spacial score (nSPS) is 13.4. The fraction of sp³-hybridized carbons (Fsp3) is 0.667. The van der Waals surface area contributed by atoms with Crippen LogP contribution in [0.5, 0.6) is 0 Å². The maximum atomic E-state index is 11.2. The smallest absolute Gasteiger partial charge is 0.328 e. The molecule has 0 aliphatic carbocycles. The van der Waals surface area contributed by atoms with Crippen LogP contribution >= 0.6 is 0 Å². The summed E-state index contributed by atoms with van der Waals surface area (Å²) >= 11 is 0. The van der Waals surface area contributed by atoms with Crippen molar-refractivity contribution < 1.29 is 24.6 Å². The Morgan fingerprint density at radius 1 is 1.29 bits per heavy atom. The summed E-state index contributed by atoms with van der Waals surface area (Å²) in [7, 11) is 3.05. The third-order valence-electron chi connectivity index (χ3n) is 1.93. The summed E-state index contributed by atoms with van der Waals surface area (Å²) in [5, 5.41) is 22.0. The van der Waals surface area contributed by atoms with Gasteiger partial charge in [-0.05, 0) is 6.92 Å². The molecule has 0 spiro atoms. The van der Waals surface area contributed by atoms with Gasteiger partial charge in [0.25, 0.3) is 0 Å². The molecule has 0 aromatic rings. The number of carboxylic acids is 1. The first kappa shape index (κ1) is 15.2. The van der Waals surface area contributed by atoms with Crippen LogP contribution in [-0.4, -0.2) is 65.8 Å². The van der Waals surface area contributed by atoms with E-state index < -0.39 is 24.1 Å². The van der Waals surface area contributed by atoms with Crippen molar-refractivity contribution in [2.45, 2.75) is 19.1 Å². The lowest BCUT2D eigenvalue weighted by molar-refractivity contribution is -0.141. The van der Waals surface area contributed by atoms with Gasteiger partial charge in [0.1, 0.15) is 0 Å². The highest BCUT2D eigenvalue weighted by Gasteiger charge is 2.24. The molecule has 3 amide bonds. The van der Waals surface area contributed by atoms with Gasteiger partial charge in [-0.3, -0.25) is 4.79 Å². The van der Waals surface area contributed by atoms with Crippen molar-refractivity contribution in [1.82, 2.24) is 15.5 Å². The number of likely N-dealkylation sites (N-methyl/N-ethyl adjacent to an activating group) is 1. The van der Waals surface area contributed by atoms with Crippen LogP contribution in [0.25, 0.3) is 0 Å². The summed E-state index contributed by atoms with van der Waals surface area (Å²) in [5.74, 6) is -1.68. The van der Waals surface area contributed by atoms with Crippen LogP contribution < -0.4 is 10.6 Å². The molecule has 17 heavy (non-hydrogen) atoms. The number of carbonyl (C=O) groups is 3. The van der Waals surface area contributed by atoms with Crippen molar-refractivity contribution in [1.29, 1.82) is 0 Å². The molecule has 0 aromatic carbocycles. The van der Waals surface area contributed by atoms with E-state index in [1.807, 2.05) is 5.32 Å². The maximum Gasteiger partial charge on any atom is 0.328 e. The number of carboxylic acid groups (broad SMARTS) is 1. The first-order valence-electron chi connectivity index (χ1n) is 4.91. The topological polar surface area (TPSA) is 119 Å². The van der Waals surface area contributed by atoms with E-state index in [0.29, 0.717) is 0 Å². The van der Waals surface area contributed by atoms with Crippen LogP contribution in [0.3, 0.4) is 0 Å². The lowest BCUT2D eigenvalue weighted by Gasteiger charge is -2.17. The molecule has 8 nitrogen and oxygen atoms in total. The van der Waals surface area contributed by atoms with Gasteiger partial charge in [0.15, 0.2) is 6.04 Å². The van der Waals surface area contributed by atoms with Crippen LogP contribution in [0.15, 0.2) is 0 Å². The number of aliphatic hydroxyl groups is 1. The quantitative estimate of drug-likeness (QED) is 0.457. The molecule has 98 valence electrons. The summed E-state index contributed by atoms with van der Waals surface area (Å²) in [6.45, 7) is 0.995. The lowest BCUT2D eigenvalue weighted by atomic mass is 10.2. The van der Waals surface area contributed by atoms with Crippen LogP contribution in [-0.2, 0) is 9.59 Å². The van der Waals surface area contributed by atoms with E-state index >= 15 is 0 Å². The van der Waals surface area contributed by atoms with E-state index in [2.05, 4.69) is 5.32 Å². The standard InChI is InChI=1S/C9H17N3O5/c1-5(13)7(8(15)16)11-9(17)10-4-6(14)12(2)3/h5,7,13H,4H2,1-3H3,(H,15,16)(H2,10,11,17)/t5-,7+/m1/s1. The third-order valence-corrected chi connectivity index (χ3v) is 1.93. The fourth-order valence-electron chi connectivity index (χ4n) is 0.895. The SMILES string of the molecule is C[C@@H](O)[C@H](NC(=O)NCC(=O)N(C)C)C(=O)O. The van der Waals surface area contributed by atoms with E-state index in [0.717, 1.165) is 0 Å². The van der Waals surface area contributed by atoms with Crippen LogP contribution in [0.1, 0.15) is 6.92 Å². The van der Waals surface area contributed by atoms with Gasteiger partial charge in [0.2, 0.25) is 5.91 Å². The second-order valence-corrected chi connectivity index (χ2v) is 3.67. The molecule has 8 heteroatoms. The molecule has 0 rings (SSSR count). The number of nitrogens with one attached hydrogen (secondary N) is 2. The lowest BCUT2D eigenvalue weighted by Crippen LogP contribution is -2.52. The first-order valence-corrected chi connectivity index (χ1v) is 4.91. The van der Waals surface area contributed by atoms with Crippen LogP contribution in [0.4, 0.5) is 4.79 Å². The molecule has 0 aliphatic rings. The molecule has 0 bridgehead atoms. The second-order valence-electron chi connectivity index (χ2n) is 3.67. The highest BCUT2D eigenvalue weighted by molar-refractivity contribution is 5.86. The monoisotopic (exact) mass is 247 g/mol. The molecule has 0 radical (unpaired) electrons. The predicted octanol–water partition coefficient (Wildman–Crippen LogP) is -1.79. The molecule has 0 aromatic heterocycles. The summed E-state index contributed by atoms with van der Waals surface area (Å²) in [4.78, 5) is 34.3. The van der Waals surface area contributed by atoms with Crippen molar-refractivity contribution >= 4 is 17.9 Å². The largest absolute Gasteiger partial charge is 0.480 e. The zero-order valence-electron chi connectivity index (χ0n) is 9.93. The Morgan fingerprint density at radius 2 is 1.82 bits per heavy atom.